The summed E-state index contributed by atoms with van der Waals surface area (Å²) in [6.45, 7) is 11.8. The average molecular weight is 212 g/mol. The molecule has 0 nitrogen and oxygen atoms in total. The second kappa shape index (κ2) is 9.24. The maximum atomic E-state index is 2.42. The third kappa shape index (κ3) is 8.96. The molecule has 0 aliphatic heterocycles. The Labute approximate surface area is 97.8 Å². The van der Waals surface area contributed by atoms with E-state index in [1.165, 1.54) is 44.9 Å². The largest absolute Gasteiger partial charge is 0.0654 e. The van der Waals surface area contributed by atoms with Crippen molar-refractivity contribution in [1.29, 1.82) is 0 Å². The van der Waals surface area contributed by atoms with Crippen molar-refractivity contribution in [2.45, 2.75) is 79.6 Å². The molecule has 0 rings (SSSR count). The van der Waals surface area contributed by atoms with E-state index < -0.39 is 0 Å². The monoisotopic (exact) mass is 212 g/mol. The first-order chi connectivity index (χ1) is 7.10. The Balaban J connectivity index is 3.73. The molecule has 0 aromatic rings. The summed E-state index contributed by atoms with van der Waals surface area (Å²) in [6, 6.07) is 0. The van der Waals surface area contributed by atoms with Gasteiger partial charge in [-0.15, -0.1) is 0 Å². The summed E-state index contributed by atoms with van der Waals surface area (Å²) in [7, 11) is 0. The van der Waals surface area contributed by atoms with Crippen LogP contribution in [0.4, 0.5) is 0 Å². The second-order valence-electron chi connectivity index (χ2n) is 5.76. The molecule has 0 aromatic heterocycles. The minimum atomic E-state index is 0.878. The Morgan fingerprint density at radius 2 is 1.33 bits per heavy atom. The molecule has 0 amide bonds. The standard InChI is InChI=1S/C15H32/c1-6-8-14(5)10-11-15(9-7-2)12-13(3)4/h13-15H,6-12H2,1-5H3. The Morgan fingerprint density at radius 3 is 1.80 bits per heavy atom. The zero-order chi connectivity index (χ0) is 11.7. The van der Waals surface area contributed by atoms with E-state index in [4.69, 9.17) is 0 Å². The first-order valence-corrected chi connectivity index (χ1v) is 7.10. The fourth-order valence-corrected chi connectivity index (χ4v) is 2.61. The van der Waals surface area contributed by atoms with Crippen molar-refractivity contribution in [3.63, 3.8) is 0 Å². The molecule has 0 saturated heterocycles. The van der Waals surface area contributed by atoms with Gasteiger partial charge in [0.05, 0.1) is 0 Å². The smallest absolute Gasteiger partial charge is 0.0412 e. The third-order valence-corrected chi connectivity index (χ3v) is 3.35. The van der Waals surface area contributed by atoms with Gasteiger partial charge in [-0.05, 0) is 24.2 Å². The van der Waals surface area contributed by atoms with Crippen LogP contribution in [0.5, 0.6) is 0 Å². The van der Waals surface area contributed by atoms with Gasteiger partial charge < -0.3 is 0 Å². The number of hydrogen-bond donors (Lipinski definition) is 0. The van der Waals surface area contributed by atoms with Gasteiger partial charge in [-0.3, -0.25) is 0 Å². The van der Waals surface area contributed by atoms with Crippen molar-refractivity contribution in [3.8, 4) is 0 Å². The van der Waals surface area contributed by atoms with Crippen LogP contribution in [-0.2, 0) is 0 Å². The molecule has 92 valence electrons. The predicted molar refractivity (Wildman–Crippen MR) is 71.2 cm³/mol. The van der Waals surface area contributed by atoms with Crippen molar-refractivity contribution in [1.82, 2.24) is 0 Å². The molecule has 0 fully saturated rings. The summed E-state index contributed by atoms with van der Waals surface area (Å²) in [5.41, 5.74) is 0. The van der Waals surface area contributed by atoms with Crippen LogP contribution in [0.3, 0.4) is 0 Å². The van der Waals surface area contributed by atoms with Gasteiger partial charge in [0.25, 0.3) is 0 Å². The van der Waals surface area contributed by atoms with Gasteiger partial charge in [-0.2, -0.15) is 0 Å². The summed E-state index contributed by atoms with van der Waals surface area (Å²) in [6.07, 6.45) is 9.92. The van der Waals surface area contributed by atoms with Gasteiger partial charge in [-0.25, -0.2) is 0 Å². The molecule has 15 heavy (non-hydrogen) atoms. The van der Waals surface area contributed by atoms with Crippen LogP contribution in [0, 0.1) is 17.8 Å². The lowest BCUT2D eigenvalue weighted by molar-refractivity contribution is 0.324. The summed E-state index contributed by atoms with van der Waals surface area (Å²) >= 11 is 0. The van der Waals surface area contributed by atoms with Crippen LogP contribution in [0.1, 0.15) is 79.6 Å². The van der Waals surface area contributed by atoms with Crippen LogP contribution in [0.2, 0.25) is 0 Å². The lowest BCUT2D eigenvalue weighted by Gasteiger charge is -2.20. The molecular weight excluding hydrogens is 180 g/mol. The molecule has 0 aliphatic carbocycles. The van der Waals surface area contributed by atoms with Crippen molar-refractivity contribution >= 4 is 0 Å². The zero-order valence-electron chi connectivity index (χ0n) is 11.7. The minimum absolute atomic E-state index is 0.878. The molecule has 0 saturated carbocycles. The fourth-order valence-electron chi connectivity index (χ4n) is 2.61. The van der Waals surface area contributed by atoms with E-state index in [-0.39, 0.29) is 0 Å². The molecule has 0 heteroatoms. The second-order valence-corrected chi connectivity index (χ2v) is 5.76. The molecular formula is C15H32. The number of hydrogen-bond acceptors (Lipinski definition) is 0. The van der Waals surface area contributed by atoms with Crippen molar-refractivity contribution in [2.75, 3.05) is 0 Å². The average Bonchev–Trinajstić information content (AvgIpc) is 2.14. The van der Waals surface area contributed by atoms with Crippen LogP contribution in [0.25, 0.3) is 0 Å². The Morgan fingerprint density at radius 1 is 0.733 bits per heavy atom. The lowest BCUT2D eigenvalue weighted by Crippen LogP contribution is -2.07. The van der Waals surface area contributed by atoms with E-state index in [0.29, 0.717) is 0 Å². The van der Waals surface area contributed by atoms with Crippen molar-refractivity contribution < 1.29 is 0 Å². The van der Waals surface area contributed by atoms with Crippen LogP contribution in [0.15, 0.2) is 0 Å². The normalized spacial score (nSPS) is 15.6. The van der Waals surface area contributed by atoms with E-state index in [2.05, 4.69) is 34.6 Å². The Kier molecular flexibility index (Phi) is 9.24. The molecule has 0 radical (unpaired) electrons. The molecule has 0 aliphatic rings. The highest BCUT2D eigenvalue weighted by Crippen LogP contribution is 2.25. The highest BCUT2D eigenvalue weighted by atomic mass is 14.2. The van der Waals surface area contributed by atoms with Crippen LogP contribution >= 0.6 is 0 Å². The van der Waals surface area contributed by atoms with Gasteiger partial charge in [0, 0.05) is 0 Å². The van der Waals surface area contributed by atoms with E-state index >= 15 is 0 Å². The SMILES string of the molecule is CCCC(C)CCC(CCC)CC(C)C. The van der Waals surface area contributed by atoms with Gasteiger partial charge in [0.2, 0.25) is 0 Å². The van der Waals surface area contributed by atoms with Crippen LogP contribution in [-0.4, -0.2) is 0 Å². The number of rotatable bonds is 9. The van der Waals surface area contributed by atoms with Gasteiger partial charge in [0.15, 0.2) is 0 Å². The Bertz CT molecular complexity index is 126. The summed E-state index contributed by atoms with van der Waals surface area (Å²) < 4.78 is 0. The molecule has 2 unspecified atom stereocenters. The quantitative estimate of drug-likeness (QED) is 0.462. The summed E-state index contributed by atoms with van der Waals surface area (Å²) in [5, 5.41) is 0. The van der Waals surface area contributed by atoms with E-state index in [1.54, 1.807) is 0 Å². The van der Waals surface area contributed by atoms with Gasteiger partial charge >= 0.3 is 0 Å². The first kappa shape index (κ1) is 15.0. The van der Waals surface area contributed by atoms with Crippen LogP contribution < -0.4 is 0 Å². The fraction of sp³-hybridized carbons (Fsp3) is 1.00. The highest BCUT2D eigenvalue weighted by Gasteiger charge is 2.11. The van der Waals surface area contributed by atoms with Gasteiger partial charge in [-0.1, -0.05) is 73.1 Å². The highest BCUT2D eigenvalue weighted by molar-refractivity contribution is 4.64. The van der Waals surface area contributed by atoms with E-state index in [1.807, 2.05) is 0 Å². The maximum Gasteiger partial charge on any atom is -0.0412 e. The molecule has 0 spiro atoms. The third-order valence-electron chi connectivity index (χ3n) is 3.35. The predicted octanol–water partition coefficient (Wildman–Crippen LogP) is 5.67. The molecule has 0 N–H and O–H groups in total. The van der Waals surface area contributed by atoms with E-state index in [0.717, 1.165) is 17.8 Å². The lowest BCUT2D eigenvalue weighted by atomic mass is 9.86. The molecule has 0 heterocycles. The Hall–Kier alpha value is 0. The molecule has 0 bridgehead atoms. The first-order valence-electron chi connectivity index (χ1n) is 7.10. The van der Waals surface area contributed by atoms with E-state index in [9.17, 15) is 0 Å². The zero-order valence-corrected chi connectivity index (χ0v) is 11.7. The topological polar surface area (TPSA) is 0 Å². The summed E-state index contributed by atoms with van der Waals surface area (Å²) in [5.74, 6) is 2.82. The van der Waals surface area contributed by atoms with Crippen molar-refractivity contribution in [3.05, 3.63) is 0 Å². The molecule has 2 atom stereocenters. The summed E-state index contributed by atoms with van der Waals surface area (Å²) in [4.78, 5) is 0. The minimum Gasteiger partial charge on any atom is -0.0654 e. The molecule has 0 aromatic carbocycles. The van der Waals surface area contributed by atoms with Crippen molar-refractivity contribution in [2.24, 2.45) is 17.8 Å². The maximum absolute atomic E-state index is 2.42. The van der Waals surface area contributed by atoms with Gasteiger partial charge in [0.1, 0.15) is 0 Å².